The van der Waals surface area contributed by atoms with Crippen molar-refractivity contribution in [3.8, 4) is 5.69 Å². The molecule has 7 rings (SSSR count). The van der Waals surface area contributed by atoms with Crippen LogP contribution in [0.1, 0.15) is 0 Å². The van der Waals surface area contributed by atoms with Crippen molar-refractivity contribution in [3.63, 3.8) is 0 Å². The number of fused-ring (bicyclic) bond motifs is 8. The van der Waals surface area contributed by atoms with Crippen molar-refractivity contribution in [1.29, 1.82) is 0 Å². The second-order valence-corrected chi connectivity index (χ2v) is 8.90. The van der Waals surface area contributed by atoms with Gasteiger partial charge in [0.15, 0.2) is 0 Å². The van der Waals surface area contributed by atoms with Gasteiger partial charge in [0.25, 0.3) is 0 Å². The molecule has 2 heteroatoms. The fourth-order valence-electron chi connectivity index (χ4n) is 4.87. The molecule has 0 aliphatic carbocycles. The Balaban J connectivity index is 1.71. The van der Waals surface area contributed by atoms with E-state index in [-0.39, 0.29) is 0 Å². The van der Waals surface area contributed by atoms with Gasteiger partial charge in [-0.25, -0.2) is 0 Å². The number of hydrogen-bond acceptors (Lipinski definition) is 1. The topological polar surface area (TPSA) is 4.93 Å². The van der Waals surface area contributed by atoms with Crippen LogP contribution >= 0.6 is 11.3 Å². The summed E-state index contributed by atoms with van der Waals surface area (Å²) < 4.78 is 5.10. The van der Waals surface area contributed by atoms with Crippen molar-refractivity contribution in [2.24, 2.45) is 0 Å². The first kappa shape index (κ1) is 16.2. The van der Waals surface area contributed by atoms with Crippen molar-refractivity contribution >= 4 is 64.1 Å². The van der Waals surface area contributed by atoms with Crippen LogP contribution in [0.2, 0.25) is 0 Å². The normalized spacial score (nSPS) is 12.0. The van der Waals surface area contributed by atoms with E-state index in [1.54, 1.807) is 0 Å². The van der Waals surface area contributed by atoms with Crippen LogP contribution in [0, 0.1) is 0 Å². The molecule has 1 nitrogen and oxygen atoms in total. The summed E-state index contributed by atoms with van der Waals surface area (Å²) >= 11 is 1.88. The molecule has 0 atom stereocenters. The molecule has 0 aliphatic heterocycles. The van der Waals surface area contributed by atoms with Gasteiger partial charge >= 0.3 is 0 Å². The third-order valence-electron chi connectivity index (χ3n) is 6.16. The molecule has 0 saturated carbocycles. The summed E-state index contributed by atoms with van der Waals surface area (Å²) in [5.74, 6) is 0. The maximum absolute atomic E-state index is 2.41. The van der Waals surface area contributed by atoms with Gasteiger partial charge in [0, 0.05) is 36.6 Å². The van der Waals surface area contributed by atoms with E-state index in [0.717, 1.165) is 0 Å². The van der Waals surface area contributed by atoms with Gasteiger partial charge in [-0.3, -0.25) is 0 Å². The summed E-state index contributed by atoms with van der Waals surface area (Å²) in [7, 11) is 0. The molecule has 2 aromatic heterocycles. The maximum atomic E-state index is 2.41. The molecule has 0 aliphatic rings. The van der Waals surface area contributed by atoms with Gasteiger partial charge in [0.1, 0.15) is 0 Å². The first-order chi connectivity index (χ1) is 14.9. The predicted molar refractivity (Wildman–Crippen MR) is 131 cm³/mol. The highest BCUT2D eigenvalue weighted by Gasteiger charge is 2.15. The van der Waals surface area contributed by atoms with Gasteiger partial charge in [-0.05, 0) is 53.2 Å². The van der Waals surface area contributed by atoms with Crippen molar-refractivity contribution < 1.29 is 0 Å². The average Bonchev–Trinajstić information content (AvgIpc) is 3.33. The zero-order chi connectivity index (χ0) is 19.7. The highest BCUT2D eigenvalue weighted by molar-refractivity contribution is 7.25. The Bertz CT molecular complexity index is 1740. The predicted octanol–water partition coefficient (Wildman–Crippen LogP) is 8.30. The molecular formula is C28H17NS. The first-order valence-electron chi connectivity index (χ1n) is 10.2. The van der Waals surface area contributed by atoms with E-state index >= 15 is 0 Å². The standard InChI is InChI=1S/C28H17NS/c1-2-8-19(9-3-1)29-24-12-6-4-11-21(24)28-22-17-23-20-10-5-7-13-26(20)30-27(23)16-18(22)14-15-25(28)29/h1-17H. The summed E-state index contributed by atoms with van der Waals surface area (Å²) in [5.41, 5.74) is 3.71. The maximum Gasteiger partial charge on any atom is 0.0547 e. The molecule has 7 aromatic rings. The highest BCUT2D eigenvalue weighted by atomic mass is 32.1. The quantitative estimate of drug-likeness (QED) is 0.262. The summed E-state index contributed by atoms with van der Waals surface area (Å²) in [6.45, 7) is 0. The second kappa shape index (κ2) is 5.94. The van der Waals surface area contributed by atoms with E-state index < -0.39 is 0 Å². The molecule has 30 heavy (non-hydrogen) atoms. The van der Waals surface area contributed by atoms with Crippen molar-refractivity contribution in [3.05, 3.63) is 103 Å². The Labute approximate surface area is 177 Å². The monoisotopic (exact) mass is 399 g/mol. The number of aromatic nitrogens is 1. The smallest absolute Gasteiger partial charge is 0.0547 e. The van der Waals surface area contributed by atoms with E-state index in [1.165, 1.54) is 58.4 Å². The zero-order valence-corrected chi connectivity index (χ0v) is 17.0. The molecule has 140 valence electrons. The molecule has 0 amide bonds. The number of rotatable bonds is 1. The number of thiophene rings is 1. The van der Waals surface area contributed by atoms with Crippen LogP contribution in [0.3, 0.4) is 0 Å². The number of para-hydroxylation sites is 2. The molecule has 2 heterocycles. The Hall–Kier alpha value is -3.62. The van der Waals surface area contributed by atoms with E-state index in [4.69, 9.17) is 0 Å². The van der Waals surface area contributed by atoms with E-state index in [2.05, 4.69) is 108 Å². The lowest BCUT2D eigenvalue weighted by Gasteiger charge is -2.08. The van der Waals surface area contributed by atoms with Gasteiger partial charge in [-0.15, -0.1) is 11.3 Å². The molecule has 0 saturated heterocycles. The van der Waals surface area contributed by atoms with Crippen LogP contribution in [-0.2, 0) is 0 Å². The van der Waals surface area contributed by atoms with Crippen LogP contribution < -0.4 is 0 Å². The van der Waals surface area contributed by atoms with Crippen molar-refractivity contribution in [2.75, 3.05) is 0 Å². The average molecular weight is 400 g/mol. The Morgan fingerprint density at radius 2 is 1.27 bits per heavy atom. The Morgan fingerprint density at radius 1 is 0.500 bits per heavy atom. The molecule has 0 radical (unpaired) electrons. The van der Waals surface area contributed by atoms with Gasteiger partial charge < -0.3 is 4.57 Å². The van der Waals surface area contributed by atoms with Crippen LogP contribution in [0.15, 0.2) is 103 Å². The molecule has 0 spiro atoms. The van der Waals surface area contributed by atoms with E-state index in [0.29, 0.717) is 0 Å². The Kier molecular flexibility index (Phi) is 3.21. The fraction of sp³-hybridized carbons (Fsp3) is 0. The van der Waals surface area contributed by atoms with Crippen LogP contribution in [0.4, 0.5) is 0 Å². The van der Waals surface area contributed by atoms with Gasteiger partial charge in [-0.2, -0.15) is 0 Å². The van der Waals surface area contributed by atoms with Crippen LogP contribution in [0.5, 0.6) is 0 Å². The van der Waals surface area contributed by atoms with Gasteiger partial charge in [0.2, 0.25) is 0 Å². The molecule has 0 unspecified atom stereocenters. The summed E-state index contributed by atoms with van der Waals surface area (Å²) in [5, 5.41) is 7.98. The molecule has 0 bridgehead atoms. The lowest BCUT2D eigenvalue weighted by molar-refractivity contribution is 1.18. The minimum absolute atomic E-state index is 1.20. The Morgan fingerprint density at radius 3 is 2.17 bits per heavy atom. The van der Waals surface area contributed by atoms with Gasteiger partial charge in [-0.1, -0.05) is 60.7 Å². The summed E-state index contributed by atoms with van der Waals surface area (Å²) in [4.78, 5) is 0. The minimum atomic E-state index is 1.20. The second-order valence-electron chi connectivity index (χ2n) is 7.82. The lowest BCUT2D eigenvalue weighted by Crippen LogP contribution is -1.92. The lowest BCUT2D eigenvalue weighted by atomic mass is 10.0. The van der Waals surface area contributed by atoms with Crippen molar-refractivity contribution in [2.45, 2.75) is 0 Å². The van der Waals surface area contributed by atoms with E-state index in [9.17, 15) is 0 Å². The number of hydrogen-bond donors (Lipinski definition) is 0. The summed E-state index contributed by atoms with van der Waals surface area (Å²) in [6.07, 6.45) is 0. The fourth-order valence-corrected chi connectivity index (χ4v) is 6.00. The molecule has 5 aromatic carbocycles. The molecule has 0 fully saturated rings. The number of nitrogens with zero attached hydrogens (tertiary/aromatic N) is 1. The van der Waals surface area contributed by atoms with Gasteiger partial charge in [0.05, 0.1) is 11.0 Å². The molecular weight excluding hydrogens is 382 g/mol. The zero-order valence-electron chi connectivity index (χ0n) is 16.2. The first-order valence-corrected chi connectivity index (χ1v) is 11.0. The third kappa shape index (κ3) is 2.11. The highest BCUT2D eigenvalue weighted by Crippen LogP contribution is 2.41. The SMILES string of the molecule is c1ccc(-n2c3ccccc3c3c4cc5c(cc4ccc32)sc2ccccc25)cc1. The van der Waals surface area contributed by atoms with Crippen LogP contribution in [0.25, 0.3) is 58.4 Å². The molecule has 0 N–H and O–H groups in total. The van der Waals surface area contributed by atoms with E-state index in [1.807, 2.05) is 11.3 Å². The number of benzene rings is 5. The summed E-state index contributed by atoms with van der Waals surface area (Å²) in [6, 6.07) is 37.5. The van der Waals surface area contributed by atoms with Crippen molar-refractivity contribution in [1.82, 2.24) is 4.57 Å². The minimum Gasteiger partial charge on any atom is -0.309 e. The van der Waals surface area contributed by atoms with Crippen LogP contribution in [-0.4, -0.2) is 4.57 Å². The third-order valence-corrected chi connectivity index (χ3v) is 7.30. The largest absolute Gasteiger partial charge is 0.309 e.